The topological polar surface area (TPSA) is 81.4 Å². The summed E-state index contributed by atoms with van der Waals surface area (Å²) in [6, 6.07) is 7.18. The third-order valence-electron chi connectivity index (χ3n) is 4.70. The van der Waals surface area contributed by atoms with Crippen molar-refractivity contribution >= 4 is 0 Å². The zero-order valence-corrected chi connectivity index (χ0v) is 13.8. The predicted molar refractivity (Wildman–Crippen MR) is 86.2 cm³/mol. The summed E-state index contributed by atoms with van der Waals surface area (Å²) in [6.45, 7) is 4.95. The molecule has 7 nitrogen and oxygen atoms in total. The van der Waals surface area contributed by atoms with Crippen LogP contribution in [0.4, 0.5) is 0 Å². The van der Waals surface area contributed by atoms with Crippen molar-refractivity contribution in [1.82, 2.24) is 20.1 Å². The van der Waals surface area contributed by atoms with E-state index in [2.05, 4.69) is 15.4 Å². The van der Waals surface area contributed by atoms with Gasteiger partial charge in [-0.25, -0.2) is 0 Å². The summed E-state index contributed by atoms with van der Waals surface area (Å²) >= 11 is 0. The van der Waals surface area contributed by atoms with Crippen LogP contribution in [0.15, 0.2) is 30.5 Å². The first-order valence-corrected chi connectivity index (χ1v) is 8.24. The van der Waals surface area contributed by atoms with E-state index in [1.807, 2.05) is 42.8 Å². The predicted octanol–water partition coefficient (Wildman–Crippen LogP) is 0.710. The maximum absolute atomic E-state index is 11.0. The molecule has 0 aliphatic carbocycles. The van der Waals surface area contributed by atoms with E-state index in [-0.39, 0.29) is 18.2 Å². The van der Waals surface area contributed by atoms with Crippen molar-refractivity contribution in [2.45, 2.75) is 51.0 Å². The average Bonchev–Trinajstić information content (AvgIpc) is 3.13. The van der Waals surface area contributed by atoms with Crippen LogP contribution in [0.5, 0.6) is 0 Å². The normalized spacial score (nSPS) is 32.2. The van der Waals surface area contributed by atoms with Crippen LogP contribution in [-0.4, -0.2) is 51.0 Å². The summed E-state index contributed by atoms with van der Waals surface area (Å²) in [5.74, 6) is 0. The van der Waals surface area contributed by atoms with Crippen molar-refractivity contribution in [3.63, 3.8) is 0 Å². The van der Waals surface area contributed by atoms with Gasteiger partial charge in [-0.15, -0.1) is 0 Å². The highest BCUT2D eigenvalue weighted by Crippen LogP contribution is 2.36. The Hall–Kier alpha value is -1.80. The molecule has 4 heterocycles. The Morgan fingerprint density at radius 3 is 2.96 bits per heavy atom. The number of aliphatic hydroxyl groups is 1. The summed E-state index contributed by atoms with van der Waals surface area (Å²) in [4.78, 5) is 4.31. The van der Waals surface area contributed by atoms with Crippen molar-refractivity contribution in [3.05, 3.63) is 47.5 Å². The van der Waals surface area contributed by atoms with Crippen molar-refractivity contribution in [1.29, 1.82) is 0 Å². The highest BCUT2D eigenvalue weighted by molar-refractivity contribution is 5.11. The van der Waals surface area contributed by atoms with E-state index in [0.29, 0.717) is 13.2 Å². The molecule has 0 unspecified atom stereocenters. The van der Waals surface area contributed by atoms with E-state index in [1.165, 1.54) is 0 Å². The average molecular weight is 330 g/mol. The summed E-state index contributed by atoms with van der Waals surface area (Å²) < 4.78 is 13.6. The van der Waals surface area contributed by atoms with Crippen LogP contribution in [0.3, 0.4) is 0 Å². The molecule has 0 amide bonds. The van der Waals surface area contributed by atoms with Gasteiger partial charge in [-0.3, -0.25) is 9.67 Å². The zero-order valence-electron chi connectivity index (χ0n) is 13.8. The highest BCUT2D eigenvalue weighted by Gasteiger charge is 2.51. The number of hydrogen-bond acceptors (Lipinski definition) is 6. The molecule has 0 radical (unpaired) electrons. The van der Waals surface area contributed by atoms with Gasteiger partial charge >= 0.3 is 0 Å². The monoisotopic (exact) mass is 330 g/mol. The number of nitrogens with one attached hydrogen (secondary N) is 1. The lowest BCUT2D eigenvalue weighted by Gasteiger charge is -2.39. The fourth-order valence-electron chi connectivity index (χ4n) is 3.59. The molecule has 128 valence electrons. The number of fused-ring (bicyclic) bond motifs is 2. The molecule has 2 aliphatic rings. The number of hydrogen-bond donors (Lipinski definition) is 2. The van der Waals surface area contributed by atoms with Crippen LogP contribution in [0.2, 0.25) is 0 Å². The van der Waals surface area contributed by atoms with Gasteiger partial charge in [0.1, 0.15) is 12.1 Å². The lowest BCUT2D eigenvalue weighted by atomic mass is 9.96. The van der Waals surface area contributed by atoms with Gasteiger partial charge in [0.2, 0.25) is 0 Å². The van der Waals surface area contributed by atoms with Crippen molar-refractivity contribution in [2.24, 2.45) is 0 Å². The second kappa shape index (κ2) is 6.25. The minimum Gasteiger partial charge on any atom is -0.389 e. The Balaban J connectivity index is 1.55. The number of rotatable bonds is 4. The third kappa shape index (κ3) is 2.73. The number of aromatic nitrogens is 3. The molecular formula is C17H22N4O3. The lowest BCUT2D eigenvalue weighted by Crippen LogP contribution is -2.57. The molecule has 2 fully saturated rings. The van der Waals surface area contributed by atoms with Crippen molar-refractivity contribution < 1.29 is 14.6 Å². The van der Waals surface area contributed by atoms with Gasteiger partial charge in [-0.1, -0.05) is 6.07 Å². The molecule has 0 saturated carbocycles. The fourth-order valence-corrected chi connectivity index (χ4v) is 3.59. The summed E-state index contributed by atoms with van der Waals surface area (Å²) in [7, 11) is 0. The minimum absolute atomic E-state index is 0.165. The zero-order chi connectivity index (χ0) is 16.7. The van der Waals surface area contributed by atoms with Gasteiger partial charge in [0.05, 0.1) is 30.1 Å². The largest absolute Gasteiger partial charge is 0.389 e. The van der Waals surface area contributed by atoms with Gasteiger partial charge in [0, 0.05) is 18.4 Å². The first-order valence-electron chi connectivity index (χ1n) is 8.24. The standard InChI is InChI=1S/C17H22N4O3/c1-10-7-11(2)21(20-10)15-16(22)14(13-9-23-17(15)24-13)19-8-12-5-3-4-6-18-12/h3-7,13-17,19,22H,8-9H2,1-2H3/t13-,14-,15-,16+,17-/m1/s1. The maximum atomic E-state index is 11.0. The van der Waals surface area contributed by atoms with E-state index in [4.69, 9.17) is 9.47 Å². The van der Waals surface area contributed by atoms with Gasteiger partial charge < -0.3 is 19.9 Å². The Kier molecular flexibility index (Phi) is 4.09. The van der Waals surface area contributed by atoms with E-state index in [9.17, 15) is 5.11 Å². The van der Waals surface area contributed by atoms with E-state index in [0.717, 1.165) is 17.1 Å². The third-order valence-corrected chi connectivity index (χ3v) is 4.70. The van der Waals surface area contributed by atoms with Crippen LogP contribution < -0.4 is 5.32 Å². The van der Waals surface area contributed by atoms with Gasteiger partial charge in [0.25, 0.3) is 0 Å². The Morgan fingerprint density at radius 2 is 2.25 bits per heavy atom. The maximum Gasteiger partial charge on any atom is 0.183 e. The molecule has 0 aromatic carbocycles. The molecule has 7 heteroatoms. The number of aryl methyl sites for hydroxylation is 2. The summed E-state index contributed by atoms with van der Waals surface area (Å²) in [6.07, 6.45) is 0.480. The second-order valence-corrected chi connectivity index (χ2v) is 6.46. The molecule has 2 aromatic rings. The number of aliphatic hydroxyl groups excluding tert-OH is 1. The van der Waals surface area contributed by atoms with Crippen LogP contribution in [0.1, 0.15) is 23.1 Å². The van der Waals surface area contributed by atoms with Crippen LogP contribution in [0.25, 0.3) is 0 Å². The fraction of sp³-hybridized carbons (Fsp3) is 0.529. The first kappa shape index (κ1) is 15.7. The number of pyridine rings is 1. The minimum atomic E-state index is -0.655. The van der Waals surface area contributed by atoms with Gasteiger partial charge in [0.15, 0.2) is 6.29 Å². The molecule has 24 heavy (non-hydrogen) atoms. The lowest BCUT2D eigenvalue weighted by molar-refractivity contribution is -0.168. The van der Waals surface area contributed by atoms with E-state index < -0.39 is 12.4 Å². The Bertz CT molecular complexity index is 705. The molecule has 2 aromatic heterocycles. The van der Waals surface area contributed by atoms with Crippen molar-refractivity contribution in [2.75, 3.05) is 6.61 Å². The van der Waals surface area contributed by atoms with Crippen molar-refractivity contribution in [3.8, 4) is 0 Å². The number of nitrogens with zero attached hydrogens (tertiary/aromatic N) is 3. The van der Waals surface area contributed by atoms with Gasteiger partial charge in [-0.2, -0.15) is 5.10 Å². The molecule has 5 atom stereocenters. The van der Waals surface area contributed by atoms with E-state index in [1.54, 1.807) is 6.20 Å². The molecule has 4 rings (SSSR count). The summed E-state index contributed by atoms with van der Waals surface area (Å²) in [5, 5.41) is 18.9. The Morgan fingerprint density at radius 1 is 1.38 bits per heavy atom. The summed E-state index contributed by atoms with van der Waals surface area (Å²) in [5.41, 5.74) is 2.82. The molecule has 2 aliphatic heterocycles. The van der Waals surface area contributed by atoms with E-state index >= 15 is 0 Å². The van der Waals surface area contributed by atoms with Crippen LogP contribution in [0, 0.1) is 13.8 Å². The van der Waals surface area contributed by atoms with Crippen LogP contribution >= 0.6 is 0 Å². The molecule has 0 spiro atoms. The Labute approximate surface area is 140 Å². The molecular weight excluding hydrogens is 308 g/mol. The SMILES string of the molecule is Cc1cc(C)n([C@H]2[C@@H]3OC[C@@H](O3)[C@@H](NCc3ccccn3)[C@@H]2O)n1. The quantitative estimate of drug-likeness (QED) is 0.859. The van der Waals surface area contributed by atoms with Crippen LogP contribution in [-0.2, 0) is 16.0 Å². The first-order chi connectivity index (χ1) is 11.6. The molecule has 2 bridgehead atoms. The second-order valence-electron chi connectivity index (χ2n) is 6.46. The highest BCUT2D eigenvalue weighted by atomic mass is 16.7. The number of ether oxygens (including phenoxy) is 2. The van der Waals surface area contributed by atoms with Gasteiger partial charge in [-0.05, 0) is 32.0 Å². The molecule has 2 saturated heterocycles. The smallest absolute Gasteiger partial charge is 0.183 e. The molecule has 2 N–H and O–H groups in total.